The minimum Gasteiger partial charge on any atom is -0.507 e. The second-order valence-corrected chi connectivity index (χ2v) is 6.67. The number of alkyl halides is 3. The number of halogens is 3. The zero-order chi connectivity index (χ0) is 21.7. The number of nitrogens with one attached hydrogen (secondary N) is 1. The van der Waals surface area contributed by atoms with E-state index in [0.29, 0.717) is 42.3 Å². The van der Waals surface area contributed by atoms with Crippen LogP contribution in [0.15, 0.2) is 42.5 Å². The zero-order valence-corrected chi connectivity index (χ0v) is 16.2. The van der Waals surface area contributed by atoms with E-state index in [2.05, 4.69) is 15.5 Å². The summed E-state index contributed by atoms with van der Waals surface area (Å²) in [5, 5.41) is 22.3. The lowest BCUT2D eigenvalue weighted by Crippen LogP contribution is -2.21. The fraction of sp³-hybridized carbons (Fsp3) is 0.286. The molecule has 30 heavy (non-hydrogen) atoms. The van der Waals surface area contributed by atoms with Gasteiger partial charge in [0.15, 0.2) is 0 Å². The van der Waals surface area contributed by atoms with Crippen LogP contribution in [0.3, 0.4) is 0 Å². The Labute approximate surface area is 170 Å². The van der Waals surface area contributed by atoms with Crippen molar-refractivity contribution >= 4 is 16.7 Å². The van der Waals surface area contributed by atoms with Gasteiger partial charge < -0.3 is 15.2 Å². The van der Waals surface area contributed by atoms with Crippen LogP contribution in [0, 0.1) is 0 Å². The Morgan fingerprint density at radius 3 is 2.50 bits per heavy atom. The van der Waals surface area contributed by atoms with Crippen molar-refractivity contribution < 1.29 is 27.8 Å². The zero-order valence-electron chi connectivity index (χ0n) is 16.2. The van der Waals surface area contributed by atoms with Gasteiger partial charge >= 0.3 is 6.18 Å². The number of hydrogen-bond donors (Lipinski definition) is 2. The highest BCUT2D eigenvalue weighted by atomic mass is 19.4. The molecular weight excluding hydrogens is 399 g/mol. The van der Waals surface area contributed by atoms with E-state index >= 15 is 0 Å². The van der Waals surface area contributed by atoms with Gasteiger partial charge in [0.05, 0.1) is 12.2 Å². The molecule has 2 aromatic carbocycles. The number of carbonyl (C=O) groups is 1. The first-order chi connectivity index (χ1) is 14.3. The average Bonchev–Trinajstić information content (AvgIpc) is 2.70. The normalized spacial score (nSPS) is 11.5. The summed E-state index contributed by atoms with van der Waals surface area (Å²) >= 11 is 0. The quantitative estimate of drug-likeness (QED) is 0.558. The maximum Gasteiger partial charge on any atom is 0.416 e. The SMILES string of the molecule is CC(=O)NCCCCOc1nnc(-c2ccc(C(F)(F)F)cc2O)c2ccccc12. The number of ether oxygens (including phenoxy) is 1. The molecule has 0 spiro atoms. The summed E-state index contributed by atoms with van der Waals surface area (Å²) in [5.74, 6) is -0.328. The third kappa shape index (κ3) is 4.97. The highest BCUT2D eigenvalue weighted by Gasteiger charge is 2.31. The number of phenols is 1. The second-order valence-electron chi connectivity index (χ2n) is 6.67. The highest BCUT2D eigenvalue weighted by Crippen LogP contribution is 2.38. The van der Waals surface area contributed by atoms with Gasteiger partial charge in [-0.25, -0.2) is 0 Å². The molecule has 1 aromatic heterocycles. The molecule has 1 amide bonds. The van der Waals surface area contributed by atoms with E-state index in [1.165, 1.54) is 13.0 Å². The molecule has 0 unspecified atom stereocenters. The largest absolute Gasteiger partial charge is 0.507 e. The van der Waals surface area contributed by atoms with Crippen LogP contribution in [0.25, 0.3) is 22.0 Å². The summed E-state index contributed by atoms with van der Waals surface area (Å²) in [4.78, 5) is 10.9. The predicted octanol–water partition coefficient (Wildman–Crippen LogP) is 4.32. The molecule has 9 heteroatoms. The molecule has 2 N–H and O–H groups in total. The number of aromatic hydroxyl groups is 1. The molecule has 0 aliphatic carbocycles. The van der Waals surface area contributed by atoms with Crippen molar-refractivity contribution in [3.8, 4) is 22.9 Å². The van der Waals surface area contributed by atoms with Gasteiger partial charge in [-0.05, 0) is 37.1 Å². The summed E-state index contributed by atoms with van der Waals surface area (Å²) in [6, 6.07) is 9.78. The first kappa shape index (κ1) is 21.4. The minimum absolute atomic E-state index is 0.0881. The summed E-state index contributed by atoms with van der Waals surface area (Å²) in [6.45, 7) is 2.37. The molecule has 0 radical (unpaired) electrons. The highest BCUT2D eigenvalue weighted by molar-refractivity contribution is 5.98. The molecule has 3 rings (SSSR count). The molecule has 158 valence electrons. The summed E-state index contributed by atoms with van der Waals surface area (Å²) < 4.78 is 44.3. The Balaban J connectivity index is 1.83. The fourth-order valence-corrected chi connectivity index (χ4v) is 2.95. The van der Waals surface area contributed by atoms with Crippen LogP contribution in [0.5, 0.6) is 11.6 Å². The van der Waals surface area contributed by atoms with Crippen LogP contribution in [0.1, 0.15) is 25.3 Å². The lowest BCUT2D eigenvalue weighted by molar-refractivity contribution is -0.137. The Bertz CT molecular complexity index is 1050. The molecule has 0 saturated carbocycles. The predicted molar refractivity (Wildman–Crippen MR) is 105 cm³/mol. The summed E-state index contributed by atoms with van der Waals surface area (Å²) in [7, 11) is 0. The Morgan fingerprint density at radius 1 is 1.10 bits per heavy atom. The number of aromatic nitrogens is 2. The van der Waals surface area contributed by atoms with Crippen molar-refractivity contribution in [2.45, 2.75) is 25.9 Å². The molecule has 0 fully saturated rings. The molecule has 3 aromatic rings. The molecule has 0 aliphatic heterocycles. The third-order valence-corrected chi connectivity index (χ3v) is 4.42. The van der Waals surface area contributed by atoms with Crippen molar-refractivity contribution in [2.75, 3.05) is 13.2 Å². The van der Waals surface area contributed by atoms with Crippen LogP contribution in [0.2, 0.25) is 0 Å². The number of carbonyl (C=O) groups excluding carboxylic acids is 1. The van der Waals surface area contributed by atoms with Gasteiger partial charge in [-0.1, -0.05) is 18.2 Å². The third-order valence-electron chi connectivity index (χ3n) is 4.42. The number of phenolic OH excluding ortho intramolecular Hbond substituents is 1. The molecule has 0 bridgehead atoms. The van der Waals surface area contributed by atoms with Gasteiger partial charge in [0.1, 0.15) is 11.4 Å². The van der Waals surface area contributed by atoms with Crippen molar-refractivity contribution in [1.29, 1.82) is 0 Å². The minimum atomic E-state index is -4.55. The monoisotopic (exact) mass is 419 g/mol. The first-order valence-corrected chi connectivity index (χ1v) is 9.30. The van der Waals surface area contributed by atoms with Crippen molar-refractivity contribution in [2.24, 2.45) is 0 Å². The molecule has 0 saturated heterocycles. The molecule has 0 atom stereocenters. The van der Waals surface area contributed by atoms with Gasteiger partial charge in [-0.3, -0.25) is 4.79 Å². The van der Waals surface area contributed by atoms with Crippen LogP contribution >= 0.6 is 0 Å². The summed E-state index contributed by atoms with van der Waals surface area (Å²) in [5.41, 5.74) is -0.538. The first-order valence-electron chi connectivity index (χ1n) is 9.30. The van der Waals surface area contributed by atoms with Crippen molar-refractivity contribution in [1.82, 2.24) is 15.5 Å². The summed E-state index contributed by atoms with van der Waals surface area (Å²) in [6.07, 6.45) is -3.12. The van der Waals surface area contributed by atoms with Crippen molar-refractivity contribution in [3.05, 3.63) is 48.0 Å². The van der Waals surface area contributed by atoms with E-state index in [1.807, 2.05) is 0 Å². The van der Waals surface area contributed by atoms with E-state index in [-0.39, 0.29) is 17.2 Å². The maximum absolute atomic E-state index is 12.9. The number of benzene rings is 2. The van der Waals surface area contributed by atoms with Gasteiger partial charge in [-0.2, -0.15) is 13.2 Å². The van der Waals surface area contributed by atoms with Crippen LogP contribution in [-0.4, -0.2) is 34.4 Å². The van der Waals surface area contributed by atoms with Crippen LogP contribution in [-0.2, 0) is 11.0 Å². The Hall–Kier alpha value is -3.36. The average molecular weight is 419 g/mol. The van der Waals surface area contributed by atoms with E-state index in [4.69, 9.17) is 4.74 Å². The molecule has 1 heterocycles. The molecule has 6 nitrogen and oxygen atoms in total. The number of nitrogens with zero attached hydrogens (tertiary/aromatic N) is 2. The molecule has 0 aliphatic rings. The number of hydrogen-bond acceptors (Lipinski definition) is 5. The van der Waals surface area contributed by atoms with Crippen molar-refractivity contribution in [3.63, 3.8) is 0 Å². The lowest BCUT2D eigenvalue weighted by atomic mass is 10.0. The van der Waals surface area contributed by atoms with Gasteiger partial charge in [0.25, 0.3) is 0 Å². The van der Waals surface area contributed by atoms with E-state index < -0.39 is 17.5 Å². The maximum atomic E-state index is 12.9. The van der Waals surface area contributed by atoms with Crippen LogP contribution < -0.4 is 10.1 Å². The standard InChI is InChI=1S/C21H20F3N3O3/c1-13(28)25-10-4-5-11-30-20-16-7-3-2-6-15(16)19(26-27-20)17-9-8-14(12-18(17)29)21(22,23)24/h2-3,6-9,12,29H,4-5,10-11H2,1H3,(H,25,28). The number of unbranched alkanes of at least 4 members (excludes halogenated alkanes) is 1. The Kier molecular flexibility index (Phi) is 6.39. The topological polar surface area (TPSA) is 84.3 Å². The number of amides is 1. The smallest absolute Gasteiger partial charge is 0.416 e. The second kappa shape index (κ2) is 8.98. The van der Waals surface area contributed by atoms with Crippen LogP contribution in [0.4, 0.5) is 13.2 Å². The van der Waals surface area contributed by atoms with Gasteiger partial charge in [0, 0.05) is 29.8 Å². The Morgan fingerprint density at radius 2 is 1.83 bits per heavy atom. The lowest BCUT2D eigenvalue weighted by Gasteiger charge is -2.13. The fourth-order valence-electron chi connectivity index (χ4n) is 2.95. The van der Waals surface area contributed by atoms with E-state index in [9.17, 15) is 23.1 Å². The number of fused-ring (bicyclic) bond motifs is 1. The molecular formula is C21H20F3N3O3. The van der Waals surface area contributed by atoms with Gasteiger partial charge in [-0.15, -0.1) is 10.2 Å². The van der Waals surface area contributed by atoms with E-state index in [0.717, 1.165) is 12.5 Å². The van der Waals surface area contributed by atoms with Gasteiger partial charge in [0.2, 0.25) is 11.8 Å². The number of rotatable bonds is 7. The van der Waals surface area contributed by atoms with E-state index in [1.54, 1.807) is 24.3 Å².